The van der Waals surface area contributed by atoms with Gasteiger partial charge in [-0.15, -0.1) is 0 Å². The highest BCUT2D eigenvalue weighted by Gasteiger charge is 2.27. The van der Waals surface area contributed by atoms with E-state index in [0.717, 1.165) is 5.57 Å². The second kappa shape index (κ2) is 5.46. The number of pyridine rings is 1. The van der Waals surface area contributed by atoms with Crippen molar-refractivity contribution in [1.82, 2.24) is 4.57 Å². The molecule has 0 aromatic carbocycles. The third kappa shape index (κ3) is 2.41. The maximum absolute atomic E-state index is 12.6. The summed E-state index contributed by atoms with van der Waals surface area (Å²) in [5, 5.41) is 9.42. The summed E-state index contributed by atoms with van der Waals surface area (Å²) in [4.78, 5) is 24.1. The van der Waals surface area contributed by atoms with Crippen molar-refractivity contribution >= 4 is 11.5 Å². The van der Waals surface area contributed by atoms with Crippen LogP contribution in [-0.2, 0) is 16.1 Å². The number of fused-ring (bicyclic) bond motifs is 1. The van der Waals surface area contributed by atoms with E-state index in [-0.39, 0.29) is 18.2 Å². The molecule has 1 aromatic heterocycles. The summed E-state index contributed by atoms with van der Waals surface area (Å²) in [5.74, 6) is -1.20. The maximum Gasteiger partial charge on any atom is 0.341 e. The third-order valence-electron chi connectivity index (χ3n) is 3.94. The van der Waals surface area contributed by atoms with Crippen LogP contribution in [0.1, 0.15) is 41.0 Å². The molecular formula is C15H17NO5. The molecular weight excluding hydrogens is 274 g/mol. The number of aromatic carboxylic acids is 1. The van der Waals surface area contributed by atoms with Crippen LogP contribution in [-0.4, -0.2) is 35.5 Å². The van der Waals surface area contributed by atoms with E-state index in [0.29, 0.717) is 37.5 Å². The van der Waals surface area contributed by atoms with Crippen LogP contribution in [0.5, 0.6) is 0 Å². The number of ether oxygens (including phenoxy) is 2. The molecule has 3 heterocycles. The van der Waals surface area contributed by atoms with Gasteiger partial charge in [0.05, 0.1) is 38.2 Å². The quantitative estimate of drug-likeness (QED) is 0.892. The van der Waals surface area contributed by atoms with Gasteiger partial charge in [-0.3, -0.25) is 4.79 Å². The minimum atomic E-state index is -1.20. The third-order valence-corrected chi connectivity index (χ3v) is 3.94. The number of hydrogen-bond acceptors (Lipinski definition) is 4. The van der Waals surface area contributed by atoms with Gasteiger partial charge in [0.1, 0.15) is 5.56 Å². The predicted octanol–water partition coefficient (Wildman–Crippen LogP) is 1.44. The summed E-state index contributed by atoms with van der Waals surface area (Å²) in [7, 11) is 0. The van der Waals surface area contributed by atoms with Crippen LogP contribution in [0.25, 0.3) is 5.57 Å². The standard InChI is InChI=1S/C15H17NO5/c1-9-7-21-8-12-13(15(18)19)14(17)11(6-16(9)12)10-2-4-20-5-3-10/h2,6,9H,3-5,7-8H2,1H3,(H,18,19). The molecule has 0 saturated carbocycles. The Labute approximate surface area is 121 Å². The van der Waals surface area contributed by atoms with Gasteiger partial charge in [0.15, 0.2) is 0 Å². The Morgan fingerprint density at radius 3 is 2.90 bits per heavy atom. The highest BCUT2D eigenvalue weighted by Crippen LogP contribution is 2.25. The SMILES string of the molecule is CC1COCc2c(C(=O)O)c(=O)c(C3=CCOCC3)cn21. The summed E-state index contributed by atoms with van der Waals surface area (Å²) >= 11 is 0. The Hall–Kier alpha value is -1.92. The fourth-order valence-corrected chi connectivity index (χ4v) is 2.84. The van der Waals surface area contributed by atoms with Gasteiger partial charge >= 0.3 is 5.97 Å². The van der Waals surface area contributed by atoms with Gasteiger partial charge in [-0.1, -0.05) is 6.08 Å². The molecule has 1 unspecified atom stereocenters. The lowest BCUT2D eigenvalue weighted by Crippen LogP contribution is -2.32. The van der Waals surface area contributed by atoms with E-state index in [1.807, 2.05) is 17.6 Å². The average Bonchev–Trinajstić information content (AvgIpc) is 2.47. The Morgan fingerprint density at radius 1 is 1.43 bits per heavy atom. The van der Waals surface area contributed by atoms with E-state index >= 15 is 0 Å². The van der Waals surface area contributed by atoms with E-state index in [1.165, 1.54) is 0 Å². The van der Waals surface area contributed by atoms with E-state index in [2.05, 4.69) is 0 Å². The van der Waals surface area contributed by atoms with E-state index in [9.17, 15) is 14.7 Å². The topological polar surface area (TPSA) is 77.8 Å². The first-order valence-corrected chi connectivity index (χ1v) is 6.95. The monoisotopic (exact) mass is 291 g/mol. The molecule has 21 heavy (non-hydrogen) atoms. The zero-order valence-corrected chi connectivity index (χ0v) is 11.8. The Balaban J connectivity index is 2.24. The number of aromatic nitrogens is 1. The van der Waals surface area contributed by atoms with Crippen LogP contribution in [0.15, 0.2) is 17.1 Å². The molecule has 0 aliphatic carbocycles. The molecule has 2 aliphatic rings. The Kier molecular flexibility index (Phi) is 3.65. The zero-order chi connectivity index (χ0) is 15.0. The first-order chi connectivity index (χ1) is 10.1. The number of rotatable bonds is 2. The lowest BCUT2D eigenvalue weighted by molar-refractivity contribution is 0.0558. The number of hydrogen-bond donors (Lipinski definition) is 1. The van der Waals surface area contributed by atoms with Crippen LogP contribution < -0.4 is 5.43 Å². The fourth-order valence-electron chi connectivity index (χ4n) is 2.84. The molecule has 1 aromatic rings. The molecule has 1 atom stereocenters. The molecule has 0 spiro atoms. The summed E-state index contributed by atoms with van der Waals surface area (Å²) in [6, 6.07) is 0.00615. The fraction of sp³-hybridized carbons (Fsp3) is 0.467. The van der Waals surface area contributed by atoms with Crippen molar-refractivity contribution in [3.05, 3.63) is 39.3 Å². The van der Waals surface area contributed by atoms with Crippen LogP contribution >= 0.6 is 0 Å². The van der Waals surface area contributed by atoms with Gasteiger partial charge < -0.3 is 19.1 Å². The van der Waals surface area contributed by atoms with Gasteiger partial charge in [-0.05, 0) is 18.9 Å². The smallest absolute Gasteiger partial charge is 0.341 e. The first-order valence-electron chi connectivity index (χ1n) is 6.95. The normalized spacial score (nSPS) is 21.6. The summed E-state index contributed by atoms with van der Waals surface area (Å²) in [6.45, 7) is 3.62. The lowest BCUT2D eigenvalue weighted by Gasteiger charge is -2.28. The minimum absolute atomic E-state index is 0.00615. The highest BCUT2D eigenvalue weighted by molar-refractivity contribution is 5.90. The number of carbonyl (C=O) groups is 1. The number of nitrogens with zero attached hydrogens (tertiary/aromatic N) is 1. The van der Waals surface area contributed by atoms with Crippen LogP contribution in [0.2, 0.25) is 0 Å². The van der Waals surface area contributed by atoms with Gasteiger partial charge in [0, 0.05) is 11.8 Å². The largest absolute Gasteiger partial charge is 0.477 e. The molecule has 3 rings (SSSR count). The summed E-state index contributed by atoms with van der Waals surface area (Å²) in [5.41, 5.74) is 1.17. The lowest BCUT2D eigenvalue weighted by atomic mass is 9.98. The minimum Gasteiger partial charge on any atom is -0.477 e. The molecule has 0 bridgehead atoms. The molecule has 6 heteroatoms. The first kappa shape index (κ1) is 14.0. The zero-order valence-electron chi connectivity index (χ0n) is 11.8. The summed E-state index contributed by atoms with van der Waals surface area (Å²) < 4.78 is 12.5. The van der Waals surface area contributed by atoms with Crippen molar-refractivity contribution in [3.8, 4) is 0 Å². The highest BCUT2D eigenvalue weighted by atomic mass is 16.5. The van der Waals surface area contributed by atoms with Crippen molar-refractivity contribution in [1.29, 1.82) is 0 Å². The van der Waals surface area contributed by atoms with Crippen molar-refractivity contribution < 1.29 is 19.4 Å². The average molecular weight is 291 g/mol. The molecule has 0 saturated heterocycles. The molecule has 0 amide bonds. The van der Waals surface area contributed by atoms with Crippen LogP contribution in [0, 0.1) is 0 Å². The molecule has 112 valence electrons. The molecule has 0 radical (unpaired) electrons. The summed E-state index contributed by atoms with van der Waals surface area (Å²) in [6.07, 6.45) is 4.25. The van der Waals surface area contributed by atoms with Crippen molar-refractivity contribution in [3.63, 3.8) is 0 Å². The predicted molar refractivity (Wildman–Crippen MR) is 75.4 cm³/mol. The van der Waals surface area contributed by atoms with Gasteiger partial charge in [-0.2, -0.15) is 0 Å². The van der Waals surface area contributed by atoms with Gasteiger partial charge in [0.2, 0.25) is 5.43 Å². The Morgan fingerprint density at radius 2 is 2.24 bits per heavy atom. The Bertz CT molecular complexity index is 673. The van der Waals surface area contributed by atoms with Crippen molar-refractivity contribution in [2.75, 3.05) is 19.8 Å². The maximum atomic E-state index is 12.6. The van der Waals surface area contributed by atoms with Gasteiger partial charge in [0.25, 0.3) is 0 Å². The van der Waals surface area contributed by atoms with Gasteiger partial charge in [-0.25, -0.2) is 4.79 Å². The van der Waals surface area contributed by atoms with E-state index in [1.54, 1.807) is 6.20 Å². The van der Waals surface area contributed by atoms with E-state index < -0.39 is 11.4 Å². The second-order valence-corrected chi connectivity index (χ2v) is 5.32. The molecule has 1 N–H and O–H groups in total. The molecule has 2 aliphatic heterocycles. The number of carboxylic acids is 1. The number of carboxylic acid groups (broad SMARTS) is 1. The molecule has 0 fully saturated rings. The van der Waals surface area contributed by atoms with Crippen LogP contribution in [0.3, 0.4) is 0 Å². The van der Waals surface area contributed by atoms with Crippen LogP contribution in [0.4, 0.5) is 0 Å². The second-order valence-electron chi connectivity index (χ2n) is 5.32. The van der Waals surface area contributed by atoms with E-state index in [4.69, 9.17) is 9.47 Å². The molecule has 6 nitrogen and oxygen atoms in total. The van der Waals surface area contributed by atoms with Crippen molar-refractivity contribution in [2.24, 2.45) is 0 Å². The van der Waals surface area contributed by atoms with Crippen molar-refractivity contribution in [2.45, 2.75) is 26.0 Å².